The molecule has 19 heavy (non-hydrogen) atoms. The van der Waals surface area contributed by atoms with Crippen LogP contribution in [-0.4, -0.2) is 18.2 Å². The molecule has 0 atom stereocenters. The summed E-state index contributed by atoms with van der Waals surface area (Å²) in [6, 6.07) is 8.55. The first-order valence-corrected chi connectivity index (χ1v) is 5.49. The molecular formula is C14H12FNO3. The normalized spacial score (nSPS) is 10.2. The van der Waals surface area contributed by atoms with Gasteiger partial charge in [-0.15, -0.1) is 0 Å². The number of methoxy groups -OCH3 is 1. The van der Waals surface area contributed by atoms with Gasteiger partial charge in [0.15, 0.2) is 0 Å². The summed E-state index contributed by atoms with van der Waals surface area (Å²) in [6.07, 6.45) is 0. The van der Waals surface area contributed by atoms with Gasteiger partial charge in [-0.1, -0.05) is 6.07 Å². The van der Waals surface area contributed by atoms with Crippen molar-refractivity contribution in [2.24, 2.45) is 0 Å². The number of carboxylic acids is 1. The van der Waals surface area contributed by atoms with Gasteiger partial charge in [-0.05, 0) is 35.9 Å². The molecule has 2 rings (SSSR count). The van der Waals surface area contributed by atoms with Crippen molar-refractivity contribution in [3.63, 3.8) is 0 Å². The Morgan fingerprint density at radius 2 is 2.00 bits per heavy atom. The second kappa shape index (κ2) is 4.97. The lowest BCUT2D eigenvalue weighted by Gasteiger charge is -2.10. The van der Waals surface area contributed by atoms with Gasteiger partial charge in [0.2, 0.25) is 0 Å². The smallest absolute Gasteiger partial charge is 0.337 e. The van der Waals surface area contributed by atoms with E-state index >= 15 is 0 Å². The van der Waals surface area contributed by atoms with Crippen LogP contribution in [0.2, 0.25) is 0 Å². The molecule has 5 heteroatoms. The van der Waals surface area contributed by atoms with Crippen molar-refractivity contribution in [3.05, 3.63) is 47.8 Å². The first kappa shape index (κ1) is 12.9. The molecule has 0 heterocycles. The summed E-state index contributed by atoms with van der Waals surface area (Å²) in [5.41, 5.74) is 6.92. The van der Waals surface area contributed by atoms with Crippen molar-refractivity contribution >= 4 is 11.7 Å². The van der Waals surface area contributed by atoms with E-state index in [2.05, 4.69) is 0 Å². The van der Waals surface area contributed by atoms with Crippen LogP contribution in [0.4, 0.5) is 10.1 Å². The van der Waals surface area contributed by atoms with E-state index in [1.807, 2.05) is 0 Å². The molecule has 98 valence electrons. The van der Waals surface area contributed by atoms with Crippen LogP contribution in [0, 0.1) is 5.82 Å². The molecule has 3 N–H and O–H groups in total. The number of anilines is 1. The molecule has 0 amide bonds. The van der Waals surface area contributed by atoms with Gasteiger partial charge in [0.1, 0.15) is 11.6 Å². The number of hydrogen-bond acceptors (Lipinski definition) is 3. The van der Waals surface area contributed by atoms with Gasteiger partial charge >= 0.3 is 5.97 Å². The molecule has 0 bridgehead atoms. The average Bonchev–Trinajstić information content (AvgIpc) is 2.38. The number of aromatic carboxylic acids is 1. The van der Waals surface area contributed by atoms with E-state index in [1.54, 1.807) is 6.07 Å². The van der Waals surface area contributed by atoms with Crippen molar-refractivity contribution in [1.29, 1.82) is 0 Å². The van der Waals surface area contributed by atoms with Gasteiger partial charge in [0, 0.05) is 11.3 Å². The molecule has 0 fully saturated rings. The van der Waals surface area contributed by atoms with Crippen LogP contribution in [0.15, 0.2) is 36.4 Å². The van der Waals surface area contributed by atoms with Crippen molar-refractivity contribution in [3.8, 4) is 16.9 Å². The van der Waals surface area contributed by atoms with Crippen LogP contribution in [0.1, 0.15) is 10.4 Å². The monoisotopic (exact) mass is 261 g/mol. The van der Waals surface area contributed by atoms with E-state index in [-0.39, 0.29) is 11.3 Å². The molecule has 0 aliphatic heterocycles. The summed E-state index contributed by atoms with van der Waals surface area (Å²) < 4.78 is 18.4. The van der Waals surface area contributed by atoms with Crippen molar-refractivity contribution in [2.75, 3.05) is 12.8 Å². The lowest BCUT2D eigenvalue weighted by atomic mass is 10.0. The maximum Gasteiger partial charge on any atom is 0.337 e. The Balaban J connectivity index is 2.56. The maximum absolute atomic E-state index is 13.3. The quantitative estimate of drug-likeness (QED) is 0.833. The number of benzene rings is 2. The Morgan fingerprint density at radius 3 is 2.58 bits per heavy atom. The standard InChI is InChI=1S/C14H12FNO3/c1-19-13-5-3-9(15)7-11(13)8-2-4-10(14(17)18)12(16)6-8/h2-7H,16H2,1H3,(H,17,18). The summed E-state index contributed by atoms with van der Waals surface area (Å²) in [5, 5.41) is 8.91. The fraction of sp³-hybridized carbons (Fsp3) is 0.0714. The number of hydrogen-bond donors (Lipinski definition) is 2. The number of ether oxygens (including phenoxy) is 1. The Bertz CT molecular complexity index is 641. The first-order valence-electron chi connectivity index (χ1n) is 5.49. The van der Waals surface area contributed by atoms with E-state index in [9.17, 15) is 9.18 Å². The third-order valence-electron chi connectivity index (χ3n) is 2.75. The second-order valence-corrected chi connectivity index (χ2v) is 3.95. The van der Waals surface area contributed by atoms with Crippen LogP contribution in [0.5, 0.6) is 5.75 Å². The molecule has 0 saturated carbocycles. The number of halogens is 1. The lowest BCUT2D eigenvalue weighted by molar-refractivity contribution is 0.0698. The van der Waals surface area contributed by atoms with Gasteiger partial charge in [-0.25, -0.2) is 9.18 Å². The highest BCUT2D eigenvalue weighted by molar-refractivity contribution is 5.95. The Morgan fingerprint density at radius 1 is 1.26 bits per heavy atom. The van der Waals surface area contributed by atoms with Gasteiger partial charge in [0.05, 0.1) is 12.7 Å². The third-order valence-corrected chi connectivity index (χ3v) is 2.75. The zero-order chi connectivity index (χ0) is 14.0. The number of nitrogen functional groups attached to an aromatic ring is 1. The van der Waals surface area contributed by atoms with E-state index in [1.165, 1.54) is 37.4 Å². The Kier molecular flexibility index (Phi) is 3.37. The molecule has 0 radical (unpaired) electrons. The summed E-state index contributed by atoms with van der Waals surface area (Å²) in [6.45, 7) is 0. The number of carboxylic acid groups (broad SMARTS) is 1. The van der Waals surface area contributed by atoms with Crippen LogP contribution in [-0.2, 0) is 0 Å². The average molecular weight is 261 g/mol. The molecular weight excluding hydrogens is 249 g/mol. The third kappa shape index (κ3) is 2.49. The predicted octanol–water partition coefficient (Wildman–Crippen LogP) is 2.78. The molecule has 2 aromatic carbocycles. The van der Waals surface area contributed by atoms with E-state index in [0.717, 1.165) is 0 Å². The van der Waals surface area contributed by atoms with Gasteiger partial charge < -0.3 is 15.6 Å². The fourth-order valence-electron chi connectivity index (χ4n) is 1.83. The van der Waals surface area contributed by atoms with Crippen molar-refractivity contribution in [1.82, 2.24) is 0 Å². The number of rotatable bonds is 3. The zero-order valence-corrected chi connectivity index (χ0v) is 10.2. The molecule has 0 aliphatic rings. The summed E-state index contributed by atoms with van der Waals surface area (Å²) in [5.74, 6) is -1.02. The summed E-state index contributed by atoms with van der Waals surface area (Å²) >= 11 is 0. The maximum atomic E-state index is 13.3. The van der Waals surface area contributed by atoms with Crippen LogP contribution in [0.3, 0.4) is 0 Å². The van der Waals surface area contributed by atoms with E-state index in [0.29, 0.717) is 16.9 Å². The van der Waals surface area contributed by atoms with Gasteiger partial charge in [-0.3, -0.25) is 0 Å². The highest BCUT2D eigenvalue weighted by Crippen LogP contribution is 2.32. The largest absolute Gasteiger partial charge is 0.496 e. The topological polar surface area (TPSA) is 72.5 Å². The molecule has 2 aromatic rings. The highest BCUT2D eigenvalue weighted by atomic mass is 19.1. The minimum Gasteiger partial charge on any atom is -0.496 e. The van der Waals surface area contributed by atoms with Crippen molar-refractivity contribution < 1.29 is 19.0 Å². The first-order chi connectivity index (χ1) is 9.02. The number of carbonyl (C=O) groups is 1. The highest BCUT2D eigenvalue weighted by Gasteiger charge is 2.12. The molecule has 0 spiro atoms. The number of nitrogens with two attached hydrogens (primary N) is 1. The molecule has 0 aliphatic carbocycles. The predicted molar refractivity (Wildman–Crippen MR) is 69.8 cm³/mol. The fourth-order valence-corrected chi connectivity index (χ4v) is 1.83. The molecule has 4 nitrogen and oxygen atoms in total. The van der Waals surface area contributed by atoms with E-state index in [4.69, 9.17) is 15.6 Å². The lowest BCUT2D eigenvalue weighted by Crippen LogP contribution is -2.02. The second-order valence-electron chi connectivity index (χ2n) is 3.95. The SMILES string of the molecule is COc1ccc(F)cc1-c1ccc(C(=O)O)c(N)c1. The zero-order valence-electron chi connectivity index (χ0n) is 10.2. The van der Waals surface area contributed by atoms with Crippen LogP contribution in [0.25, 0.3) is 11.1 Å². The Labute approximate surface area is 109 Å². The molecule has 0 aromatic heterocycles. The minimum absolute atomic E-state index is 0.0131. The minimum atomic E-state index is -1.10. The Hall–Kier alpha value is -2.56. The summed E-state index contributed by atoms with van der Waals surface area (Å²) in [4.78, 5) is 10.9. The van der Waals surface area contributed by atoms with Gasteiger partial charge in [-0.2, -0.15) is 0 Å². The van der Waals surface area contributed by atoms with Crippen LogP contribution < -0.4 is 10.5 Å². The van der Waals surface area contributed by atoms with Gasteiger partial charge in [0.25, 0.3) is 0 Å². The molecule has 0 unspecified atom stereocenters. The van der Waals surface area contributed by atoms with Crippen molar-refractivity contribution in [2.45, 2.75) is 0 Å². The van der Waals surface area contributed by atoms with Crippen LogP contribution >= 0.6 is 0 Å². The molecule has 0 saturated heterocycles. The van der Waals surface area contributed by atoms with E-state index < -0.39 is 11.8 Å². The summed E-state index contributed by atoms with van der Waals surface area (Å²) in [7, 11) is 1.48.